The van der Waals surface area contributed by atoms with E-state index in [0.29, 0.717) is 17.4 Å². The summed E-state index contributed by atoms with van der Waals surface area (Å²) in [4.78, 5) is 0. The van der Waals surface area contributed by atoms with E-state index in [9.17, 15) is 4.21 Å². The molecule has 3 N–H and O–H groups in total. The summed E-state index contributed by atoms with van der Waals surface area (Å²) in [6.45, 7) is 4.39. The number of hydrogen-bond donors (Lipinski definition) is 2. The second-order valence-electron chi connectivity index (χ2n) is 3.38. The van der Waals surface area contributed by atoms with E-state index in [4.69, 9.17) is 10.8 Å². The van der Waals surface area contributed by atoms with Crippen molar-refractivity contribution in [1.82, 2.24) is 0 Å². The summed E-state index contributed by atoms with van der Waals surface area (Å²) in [5.74, 6) is 1.57. The maximum absolute atomic E-state index is 11.2. The first-order chi connectivity index (χ1) is 5.56. The molecule has 2 atom stereocenters. The fraction of sp³-hybridized carbons (Fsp3) is 1.00. The van der Waals surface area contributed by atoms with Gasteiger partial charge in [0.05, 0.1) is 11.9 Å². The Bertz CT molecular complexity index is 139. The third-order valence-corrected chi connectivity index (χ3v) is 3.02. The summed E-state index contributed by atoms with van der Waals surface area (Å²) in [6.07, 6.45) is 0.349. The van der Waals surface area contributed by atoms with Crippen LogP contribution in [0.1, 0.15) is 20.3 Å². The van der Waals surface area contributed by atoms with Crippen LogP contribution in [-0.4, -0.2) is 33.5 Å². The second-order valence-corrected chi connectivity index (χ2v) is 5.00. The van der Waals surface area contributed by atoms with Crippen LogP contribution in [0, 0.1) is 5.92 Å². The van der Waals surface area contributed by atoms with Gasteiger partial charge < -0.3 is 10.8 Å². The van der Waals surface area contributed by atoms with Crippen molar-refractivity contribution in [3.05, 3.63) is 0 Å². The summed E-state index contributed by atoms with van der Waals surface area (Å²) >= 11 is 0. The Labute approximate surface area is 76.8 Å². The van der Waals surface area contributed by atoms with Gasteiger partial charge in [-0.25, -0.2) is 0 Å². The van der Waals surface area contributed by atoms with Gasteiger partial charge >= 0.3 is 0 Å². The van der Waals surface area contributed by atoms with Gasteiger partial charge in [0.1, 0.15) is 0 Å². The Balaban J connectivity index is 3.46. The Hall–Kier alpha value is 0.0700. The highest BCUT2D eigenvalue weighted by molar-refractivity contribution is 7.85. The van der Waals surface area contributed by atoms with E-state index in [2.05, 4.69) is 13.8 Å². The van der Waals surface area contributed by atoms with Crippen LogP contribution in [0.3, 0.4) is 0 Å². The first-order valence-corrected chi connectivity index (χ1v) is 5.78. The molecule has 0 aliphatic carbocycles. The lowest BCUT2D eigenvalue weighted by Gasteiger charge is -2.08. The molecule has 0 bridgehead atoms. The minimum atomic E-state index is -0.901. The molecule has 2 unspecified atom stereocenters. The Morgan fingerprint density at radius 1 is 1.50 bits per heavy atom. The molecule has 0 aromatic rings. The first-order valence-electron chi connectivity index (χ1n) is 4.29. The summed E-state index contributed by atoms with van der Waals surface area (Å²) in [5.41, 5.74) is 5.19. The van der Waals surface area contributed by atoms with E-state index < -0.39 is 16.9 Å². The average molecular weight is 193 g/mol. The molecule has 0 aromatic heterocycles. The quantitative estimate of drug-likeness (QED) is 0.629. The predicted octanol–water partition coefficient (Wildman–Crippen LogP) is 0.101. The number of nitrogens with two attached hydrogens (primary N) is 1. The van der Waals surface area contributed by atoms with Gasteiger partial charge in [0.2, 0.25) is 0 Å². The molecular weight excluding hydrogens is 174 g/mol. The van der Waals surface area contributed by atoms with Crippen molar-refractivity contribution in [2.75, 3.05) is 18.1 Å². The molecule has 12 heavy (non-hydrogen) atoms. The summed E-state index contributed by atoms with van der Waals surface area (Å²) in [5, 5.41) is 9.08. The standard InChI is InChI=1S/C8H19NO2S/c1-7(2)3-4-12(11)6-8(10)5-9/h7-8,10H,3-6,9H2,1-2H3. The molecule has 0 heterocycles. The number of hydrogen-bond acceptors (Lipinski definition) is 3. The third kappa shape index (κ3) is 6.76. The van der Waals surface area contributed by atoms with Gasteiger partial charge in [-0.2, -0.15) is 0 Å². The third-order valence-electron chi connectivity index (χ3n) is 1.57. The van der Waals surface area contributed by atoms with E-state index in [-0.39, 0.29) is 6.54 Å². The van der Waals surface area contributed by atoms with Crippen molar-refractivity contribution < 1.29 is 9.32 Å². The maximum Gasteiger partial charge on any atom is 0.0777 e. The van der Waals surface area contributed by atoms with Crippen LogP contribution in [0.2, 0.25) is 0 Å². The zero-order valence-electron chi connectivity index (χ0n) is 7.82. The highest BCUT2D eigenvalue weighted by Gasteiger charge is 2.07. The molecule has 0 rings (SSSR count). The normalized spacial score (nSPS) is 16.4. The first kappa shape index (κ1) is 12.1. The molecule has 0 saturated heterocycles. The molecule has 3 nitrogen and oxygen atoms in total. The number of aliphatic hydroxyl groups is 1. The lowest BCUT2D eigenvalue weighted by Crippen LogP contribution is -2.27. The zero-order valence-corrected chi connectivity index (χ0v) is 8.64. The molecule has 0 aliphatic rings. The molecule has 74 valence electrons. The van der Waals surface area contributed by atoms with Gasteiger partial charge in [-0.15, -0.1) is 0 Å². The van der Waals surface area contributed by atoms with Crippen LogP contribution in [0.15, 0.2) is 0 Å². The minimum Gasteiger partial charge on any atom is -0.391 e. The van der Waals surface area contributed by atoms with E-state index in [1.54, 1.807) is 0 Å². The fourth-order valence-corrected chi connectivity index (χ4v) is 2.20. The van der Waals surface area contributed by atoms with E-state index >= 15 is 0 Å². The Kier molecular flexibility index (Phi) is 6.61. The van der Waals surface area contributed by atoms with Gasteiger partial charge in [-0.1, -0.05) is 13.8 Å². The van der Waals surface area contributed by atoms with Crippen LogP contribution < -0.4 is 5.73 Å². The van der Waals surface area contributed by atoms with Crippen molar-refractivity contribution in [3.8, 4) is 0 Å². The SMILES string of the molecule is CC(C)CCS(=O)CC(O)CN. The van der Waals surface area contributed by atoms with Crippen LogP contribution in [0.5, 0.6) is 0 Å². The van der Waals surface area contributed by atoms with Gasteiger partial charge in [0, 0.05) is 23.1 Å². The molecule has 0 spiro atoms. The fourth-order valence-electron chi connectivity index (χ4n) is 0.733. The van der Waals surface area contributed by atoms with Crippen LogP contribution >= 0.6 is 0 Å². The van der Waals surface area contributed by atoms with Crippen molar-refractivity contribution >= 4 is 10.8 Å². The number of aliphatic hydroxyl groups excluding tert-OH is 1. The van der Waals surface area contributed by atoms with Crippen LogP contribution in [-0.2, 0) is 10.8 Å². The molecule has 0 fully saturated rings. The van der Waals surface area contributed by atoms with Gasteiger partial charge in [0.25, 0.3) is 0 Å². The van der Waals surface area contributed by atoms with Crippen molar-refractivity contribution in [2.45, 2.75) is 26.4 Å². The summed E-state index contributed by atoms with van der Waals surface area (Å²) in [7, 11) is -0.901. The van der Waals surface area contributed by atoms with Gasteiger partial charge in [-0.3, -0.25) is 4.21 Å². The average Bonchev–Trinajstić information content (AvgIpc) is 2.00. The van der Waals surface area contributed by atoms with Crippen LogP contribution in [0.4, 0.5) is 0 Å². The highest BCUT2D eigenvalue weighted by Crippen LogP contribution is 2.01. The largest absolute Gasteiger partial charge is 0.391 e. The van der Waals surface area contributed by atoms with Gasteiger partial charge in [-0.05, 0) is 12.3 Å². The number of rotatable bonds is 6. The molecule has 0 amide bonds. The minimum absolute atomic E-state index is 0.202. The summed E-state index contributed by atoms with van der Waals surface area (Å²) < 4.78 is 11.2. The zero-order chi connectivity index (χ0) is 9.56. The molecular formula is C8H19NO2S. The van der Waals surface area contributed by atoms with Gasteiger partial charge in [0.15, 0.2) is 0 Å². The summed E-state index contributed by atoms with van der Waals surface area (Å²) in [6, 6.07) is 0. The Morgan fingerprint density at radius 2 is 2.08 bits per heavy atom. The molecule has 0 saturated carbocycles. The van der Waals surface area contributed by atoms with Crippen molar-refractivity contribution in [1.29, 1.82) is 0 Å². The van der Waals surface area contributed by atoms with E-state index in [1.807, 2.05) is 0 Å². The monoisotopic (exact) mass is 193 g/mol. The molecule has 0 aromatic carbocycles. The second kappa shape index (κ2) is 6.57. The smallest absolute Gasteiger partial charge is 0.0777 e. The lowest BCUT2D eigenvalue weighted by atomic mass is 10.2. The predicted molar refractivity (Wildman–Crippen MR) is 52.4 cm³/mol. The maximum atomic E-state index is 11.2. The molecule has 0 radical (unpaired) electrons. The van der Waals surface area contributed by atoms with Crippen LogP contribution in [0.25, 0.3) is 0 Å². The Morgan fingerprint density at radius 3 is 2.50 bits per heavy atom. The highest BCUT2D eigenvalue weighted by atomic mass is 32.2. The van der Waals surface area contributed by atoms with Crippen molar-refractivity contribution in [3.63, 3.8) is 0 Å². The van der Waals surface area contributed by atoms with E-state index in [1.165, 1.54) is 0 Å². The lowest BCUT2D eigenvalue weighted by molar-refractivity contribution is 0.207. The van der Waals surface area contributed by atoms with Crippen molar-refractivity contribution in [2.24, 2.45) is 11.7 Å². The molecule has 0 aliphatic heterocycles. The topological polar surface area (TPSA) is 63.3 Å². The van der Waals surface area contributed by atoms with E-state index in [0.717, 1.165) is 6.42 Å². The molecule has 4 heteroatoms.